The zero-order chi connectivity index (χ0) is 12.1. The lowest BCUT2D eigenvalue weighted by Crippen LogP contribution is -2.45. The third-order valence-electron chi connectivity index (χ3n) is 4.47. The largest absolute Gasteiger partial charge is 0.378 e. The lowest BCUT2D eigenvalue weighted by atomic mass is 9.86. The fourth-order valence-electron chi connectivity index (χ4n) is 3.31. The van der Waals surface area contributed by atoms with Gasteiger partial charge in [-0.2, -0.15) is 0 Å². The zero-order valence-electron chi connectivity index (χ0n) is 11.6. The fraction of sp³-hybridized carbons (Fsp3) is 1.00. The van der Waals surface area contributed by atoms with Gasteiger partial charge in [-0.25, -0.2) is 0 Å². The highest BCUT2D eigenvalue weighted by atomic mass is 16.5. The number of hydrogen-bond acceptors (Lipinski definition) is 2. The van der Waals surface area contributed by atoms with E-state index in [1.54, 1.807) is 0 Å². The van der Waals surface area contributed by atoms with E-state index in [4.69, 9.17) is 4.74 Å². The van der Waals surface area contributed by atoms with E-state index < -0.39 is 0 Å². The lowest BCUT2D eigenvalue weighted by Gasteiger charge is -2.35. The second-order valence-electron chi connectivity index (χ2n) is 6.13. The van der Waals surface area contributed by atoms with Crippen molar-refractivity contribution in [3.63, 3.8) is 0 Å². The molecule has 2 rings (SSSR count). The van der Waals surface area contributed by atoms with Crippen LogP contribution < -0.4 is 5.32 Å². The molecule has 0 bridgehead atoms. The molecule has 1 aliphatic carbocycles. The van der Waals surface area contributed by atoms with E-state index in [0.717, 1.165) is 24.6 Å². The summed E-state index contributed by atoms with van der Waals surface area (Å²) in [7, 11) is 0. The Morgan fingerprint density at radius 1 is 1.06 bits per heavy atom. The van der Waals surface area contributed by atoms with Gasteiger partial charge in [-0.15, -0.1) is 0 Å². The molecule has 1 saturated heterocycles. The van der Waals surface area contributed by atoms with E-state index in [1.807, 2.05) is 0 Å². The van der Waals surface area contributed by atoms with Crippen LogP contribution in [-0.4, -0.2) is 24.8 Å². The molecule has 100 valence electrons. The maximum Gasteiger partial charge on any atom is 0.0589 e. The number of rotatable bonds is 4. The Bertz CT molecular complexity index is 209. The molecule has 2 nitrogen and oxygen atoms in total. The summed E-state index contributed by atoms with van der Waals surface area (Å²) in [5.74, 6) is 0.954. The summed E-state index contributed by atoms with van der Waals surface area (Å²) in [6, 6.07) is 1.51. The van der Waals surface area contributed by atoms with Crippen molar-refractivity contribution in [2.45, 2.75) is 83.4 Å². The first kappa shape index (κ1) is 13.4. The summed E-state index contributed by atoms with van der Waals surface area (Å²) >= 11 is 0. The molecule has 2 unspecified atom stereocenters. The van der Waals surface area contributed by atoms with Gasteiger partial charge in [0.15, 0.2) is 0 Å². The van der Waals surface area contributed by atoms with Gasteiger partial charge < -0.3 is 10.1 Å². The first-order valence-electron chi connectivity index (χ1n) is 7.65. The monoisotopic (exact) mass is 239 g/mol. The van der Waals surface area contributed by atoms with Crippen molar-refractivity contribution in [1.29, 1.82) is 0 Å². The van der Waals surface area contributed by atoms with E-state index in [-0.39, 0.29) is 0 Å². The van der Waals surface area contributed by atoms with Gasteiger partial charge in [0.25, 0.3) is 0 Å². The smallest absolute Gasteiger partial charge is 0.0589 e. The summed E-state index contributed by atoms with van der Waals surface area (Å²) in [4.78, 5) is 0. The van der Waals surface area contributed by atoms with Gasteiger partial charge in [-0.1, -0.05) is 20.3 Å². The quantitative estimate of drug-likeness (QED) is 0.810. The van der Waals surface area contributed by atoms with Crippen LogP contribution in [0.3, 0.4) is 0 Å². The summed E-state index contributed by atoms with van der Waals surface area (Å²) in [5.41, 5.74) is 0. The van der Waals surface area contributed by atoms with Gasteiger partial charge in [0.1, 0.15) is 0 Å². The number of nitrogens with one attached hydrogen (secondary N) is 1. The Labute approximate surface area is 107 Å². The summed E-state index contributed by atoms with van der Waals surface area (Å²) in [5, 5.41) is 3.89. The molecule has 0 aromatic heterocycles. The van der Waals surface area contributed by atoms with Crippen LogP contribution in [0.2, 0.25) is 0 Å². The van der Waals surface area contributed by atoms with Crippen molar-refractivity contribution in [3.05, 3.63) is 0 Å². The summed E-state index contributed by atoms with van der Waals surface area (Å²) in [6.07, 6.45) is 11.1. The molecule has 2 atom stereocenters. The molecule has 0 radical (unpaired) electrons. The maximum atomic E-state index is 5.81. The second kappa shape index (κ2) is 6.75. The minimum atomic E-state index is 0.522. The molecule has 1 saturated carbocycles. The van der Waals surface area contributed by atoms with Crippen molar-refractivity contribution in [2.75, 3.05) is 6.61 Å². The van der Waals surface area contributed by atoms with Gasteiger partial charge in [0, 0.05) is 18.7 Å². The first-order chi connectivity index (χ1) is 8.28. The van der Waals surface area contributed by atoms with Gasteiger partial charge in [0.2, 0.25) is 0 Å². The third-order valence-corrected chi connectivity index (χ3v) is 4.47. The van der Waals surface area contributed by atoms with Crippen LogP contribution in [0.4, 0.5) is 0 Å². The molecule has 0 spiro atoms. The molecular weight excluding hydrogens is 210 g/mol. The molecule has 2 fully saturated rings. The van der Waals surface area contributed by atoms with Crippen LogP contribution in [-0.2, 0) is 4.74 Å². The number of hydrogen-bond donors (Lipinski definition) is 1. The van der Waals surface area contributed by atoms with Crippen molar-refractivity contribution in [2.24, 2.45) is 5.92 Å². The fourth-order valence-corrected chi connectivity index (χ4v) is 3.31. The van der Waals surface area contributed by atoms with Gasteiger partial charge in [0.05, 0.1) is 6.10 Å². The summed E-state index contributed by atoms with van der Waals surface area (Å²) < 4.78 is 5.81. The molecule has 1 heterocycles. The third kappa shape index (κ3) is 4.26. The Morgan fingerprint density at radius 3 is 2.53 bits per heavy atom. The van der Waals surface area contributed by atoms with Crippen molar-refractivity contribution < 1.29 is 4.74 Å². The Kier molecular flexibility index (Phi) is 5.30. The average molecular weight is 239 g/mol. The highest BCUT2D eigenvalue weighted by Crippen LogP contribution is 2.25. The molecule has 1 N–H and O–H groups in total. The van der Waals surface area contributed by atoms with Crippen LogP contribution >= 0.6 is 0 Å². The van der Waals surface area contributed by atoms with Crippen LogP contribution in [0.25, 0.3) is 0 Å². The lowest BCUT2D eigenvalue weighted by molar-refractivity contribution is -0.00602. The van der Waals surface area contributed by atoms with Crippen molar-refractivity contribution in [1.82, 2.24) is 5.32 Å². The summed E-state index contributed by atoms with van der Waals surface area (Å²) in [6.45, 7) is 5.61. The predicted molar refractivity (Wildman–Crippen MR) is 72.2 cm³/mol. The highest BCUT2D eigenvalue weighted by Gasteiger charge is 2.25. The maximum absolute atomic E-state index is 5.81. The van der Waals surface area contributed by atoms with Crippen molar-refractivity contribution >= 4 is 0 Å². The van der Waals surface area contributed by atoms with Gasteiger partial charge in [-0.3, -0.25) is 0 Å². The molecule has 2 heteroatoms. The molecular formula is C15H29NO. The average Bonchev–Trinajstić information content (AvgIpc) is 2.33. The highest BCUT2D eigenvalue weighted by molar-refractivity contribution is 4.83. The molecule has 0 aromatic carbocycles. The topological polar surface area (TPSA) is 21.3 Å². The minimum absolute atomic E-state index is 0.522. The predicted octanol–water partition coefficient (Wildman–Crippen LogP) is 3.50. The van der Waals surface area contributed by atoms with E-state index >= 15 is 0 Å². The first-order valence-corrected chi connectivity index (χ1v) is 7.65. The zero-order valence-corrected chi connectivity index (χ0v) is 11.6. The second-order valence-corrected chi connectivity index (χ2v) is 6.13. The van der Waals surface area contributed by atoms with Crippen LogP contribution in [0.15, 0.2) is 0 Å². The van der Waals surface area contributed by atoms with E-state index in [0.29, 0.717) is 6.10 Å². The Morgan fingerprint density at radius 2 is 1.82 bits per heavy atom. The minimum Gasteiger partial charge on any atom is -0.378 e. The Balaban J connectivity index is 1.71. The van der Waals surface area contributed by atoms with E-state index in [2.05, 4.69) is 19.2 Å². The molecule has 0 aromatic rings. The number of ether oxygens (including phenoxy) is 1. The van der Waals surface area contributed by atoms with E-state index in [1.165, 1.54) is 51.4 Å². The molecule has 0 amide bonds. The molecule has 17 heavy (non-hydrogen) atoms. The molecule has 1 aliphatic heterocycles. The molecule has 2 aliphatic rings. The van der Waals surface area contributed by atoms with Crippen LogP contribution in [0.5, 0.6) is 0 Å². The van der Waals surface area contributed by atoms with Gasteiger partial charge in [-0.05, 0) is 50.9 Å². The SMILES string of the molecule is CCCC1CC(NC2CCC(C)CC2)CCO1. The van der Waals surface area contributed by atoms with E-state index in [9.17, 15) is 0 Å². The normalized spacial score (nSPS) is 39.2. The standard InChI is InChI=1S/C15H29NO/c1-3-4-15-11-14(9-10-17-15)16-13-7-5-12(2)6-8-13/h12-16H,3-11H2,1-2H3. The Hall–Kier alpha value is -0.0800. The van der Waals surface area contributed by atoms with Crippen molar-refractivity contribution in [3.8, 4) is 0 Å². The van der Waals surface area contributed by atoms with Crippen LogP contribution in [0, 0.1) is 5.92 Å². The van der Waals surface area contributed by atoms with Gasteiger partial charge >= 0.3 is 0 Å². The van der Waals surface area contributed by atoms with Crippen LogP contribution in [0.1, 0.15) is 65.2 Å².